The molecule has 0 spiro atoms. The first-order valence-electron chi connectivity index (χ1n) is 5.40. The lowest BCUT2D eigenvalue weighted by atomic mass is 9.88. The highest BCUT2D eigenvalue weighted by Gasteiger charge is 2.34. The van der Waals surface area contributed by atoms with Crippen molar-refractivity contribution in [2.45, 2.75) is 31.2 Å². The summed E-state index contributed by atoms with van der Waals surface area (Å²) >= 11 is 3.21. The van der Waals surface area contributed by atoms with Crippen LogP contribution in [0.15, 0.2) is 16.6 Å². The van der Waals surface area contributed by atoms with Crippen LogP contribution < -0.4 is 10.5 Å². The number of benzene rings is 1. The lowest BCUT2D eigenvalue weighted by Crippen LogP contribution is -2.33. The fourth-order valence-electron chi connectivity index (χ4n) is 2.40. The van der Waals surface area contributed by atoms with Gasteiger partial charge in [0.1, 0.15) is 11.6 Å². The van der Waals surface area contributed by atoms with Crippen LogP contribution in [0.5, 0.6) is 5.75 Å². The zero-order valence-electron chi connectivity index (χ0n) is 9.22. The van der Waals surface area contributed by atoms with Gasteiger partial charge >= 0.3 is 0 Å². The summed E-state index contributed by atoms with van der Waals surface area (Å²) < 4.78 is 19.0. The van der Waals surface area contributed by atoms with Crippen molar-refractivity contribution in [3.05, 3.63) is 28.0 Å². The molecule has 0 bridgehead atoms. The predicted octanol–water partition coefficient (Wildman–Crippen LogP) is 3.32. The third-order valence-electron chi connectivity index (χ3n) is 3.29. The fraction of sp³-hybridized carbons (Fsp3) is 0.500. The van der Waals surface area contributed by atoms with Crippen LogP contribution >= 0.6 is 15.9 Å². The Morgan fingerprint density at radius 1 is 1.38 bits per heavy atom. The molecule has 0 saturated heterocycles. The van der Waals surface area contributed by atoms with E-state index in [2.05, 4.69) is 15.9 Å². The summed E-state index contributed by atoms with van der Waals surface area (Å²) in [5.41, 5.74) is 6.90. The minimum atomic E-state index is -0.360. The first kappa shape index (κ1) is 11.9. The highest BCUT2D eigenvalue weighted by Crippen LogP contribution is 2.43. The average molecular weight is 288 g/mol. The van der Waals surface area contributed by atoms with Crippen LogP contribution in [0.3, 0.4) is 0 Å². The van der Waals surface area contributed by atoms with E-state index in [0.29, 0.717) is 10.2 Å². The van der Waals surface area contributed by atoms with Gasteiger partial charge in [-0.05, 0) is 34.8 Å². The average Bonchev–Trinajstić information content (AvgIpc) is 2.70. The van der Waals surface area contributed by atoms with E-state index in [-0.39, 0.29) is 11.4 Å². The highest BCUT2D eigenvalue weighted by atomic mass is 79.9. The molecule has 0 aromatic heterocycles. The normalized spacial score (nSPS) is 18.8. The van der Waals surface area contributed by atoms with Crippen molar-refractivity contribution in [3.8, 4) is 5.75 Å². The van der Waals surface area contributed by atoms with Gasteiger partial charge in [0.25, 0.3) is 0 Å². The minimum absolute atomic E-state index is 0.317. The van der Waals surface area contributed by atoms with E-state index in [0.717, 1.165) is 31.2 Å². The largest absolute Gasteiger partial charge is 0.495 e. The Morgan fingerprint density at radius 2 is 2.00 bits per heavy atom. The molecule has 0 aliphatic heterocycles. The molecule has 1 aromatic rings. The molecule has 0 heterocycles. The van der Waals surface area contributed by atoms with Crippen molar-refractivity contribution in [2.24, 2.45) is 5.73 Å². The molecule has 0 atom stereocenters. The molecule has 16 heavy (non-hydrogen) atoms. The van der Waals surface area contributed by atoms with E-state index in [9.17, 15) is 4.39 Å². The molecule has 1 saturated carbocycles. The van der Waals surface area contributed by atoms with Crippen molar-refractivity contribution < 1.29 is 9.13 Å². The topological polar surface area (TPSA) is 35.2 Å². The molecule has 2 rings (SSSR count). The lowest BCUT2D eigenvalue weighted by Gasteiger charge is -2.26. The van der Waals surface area contributed by atoms with Gasteiger partial charge in [0.05, 0.1) is 11.6 Å². The number of nitrogens with two attached hydrogens (primary N) is 1. The second-order valence-corrected chi connectivity index (χ2v) is 5.10. The van der Waals surface area contributed by atoms with Gasteiger partial charge in [0.15, 0.2) is 0 Å². The summed E-state index contributed by atoms with van der Waals surface area (Å²) in [4.78, 5) is 0. The van der Waals surface area contributed by atoms with Gasteiger partial charge < -0.3 is 10.5 Å². The summed E-state index contributed by atoms with van der Waals surface area (Å²) in [5, 5.41) is 0. The maximum Gasteiger partial charge on any atom is 0.141 e. The summed E-state index contributed by atoms with van der Waals surface area (Å²) in [7, 11) is 1.54. The number of halogens is 2. The van der Waals surface area contributed by atoms with Crippen molar-refractivity contribution in [1.29, 1.82) is 0 Å². The van der Waals surface area contributed by atoms with Gasteiger partial charge in [-0.25, -0.2) is 4.39 Å². The number of methoxy groups -OCH3 is 1. The Balaban J connectivity index is 2.52. The lowest BCUT2D eigenvalue weighted by molar-refractivity contribution is 0.373. The zero-order valence-corrected chi connectivity index (χ0v) is 10.8. The van der Waals surface area contributed by atoms with Crippen LogP contribution in [0.25, 0.3) is 0 Å². The van der Waals surface area contributed by atoms with Crippen molar-refractivity contribution in [3.63, 3.8) is 0 Å². The van der Waals surface area contributed by atoms with E-state index >= 15 is 0 Å². The second kappa shape index (κ2) is 4.34. The second-order valence-electron chi connectivity index (χ2n) is 4.31. The SMILES string of the molecule is COc1c(C2(N)CCCC2)ccc(F)c1Br. The van der Waals surface area contributed by atoms with Crippen molar-refractivity contribution >= 4 is 15.9 Å². The van der Waals surface area contributed by atoms with Crippen LogP contribution in [0.2, 0.25) is 0 Å². The van der Waals surface area contributed by atoms with Gasteiger partial charge in [-0.3, -0.25) is 0 Å². The van der Waals surface area contributed by atoms with Crippen LogP contribution in [-0.4, -0.2) is 7.11 Å². The molecule has 0 unspecified atom stereocenters. The van der Waals surface area contributed by atoms with Crippen LogP contribution in [0.4, 0.5) is 4.39 Å². The van der Waals surface area contributed by atoms with Gasteiger partial charge in [0.2, 0.25) is 0 Å². The van der Waals surface area contributed by atoms with Crippen LogP contribution in [-0.2, 0) is 5.54 Å². The molecular formula is C12H15BrFNO. The smallest absolute Gasteiger partial charge is 0.141 e. The van der Waals surface area contributed by atoms with E-state index in [1.54, 1.807) is 13.2 Å². The molecule has 1 fully saturated rings. The minimum Gasteiger partial charge on any atom is -0.495 e. The Labute approximate surface area is 103 Å². The number of rotatable bonds is 2. The Kier molecular flexibility index (Phi) is 3.22. The molecule has 1 aliphatic carbocycles. The summed E-state index contributed by atoms with van der Waals surface area (Å²) in [6, 6.07) is 3.18. The molecule has 4 heteroatoms. The monoisotopic (exact) mass is 287 g/mol. The van der Waals surface area contributed by atoms with Crippen LogP contribution in [0.1, 0.15) is 31.2 Å². The molecule has 1 aliphatic rings. The summed E-state index contributed by atoms with van der Waals surface area (Å²) in [6.07, 6.45) is 4.10. The summed E-state index contributed by atoms with van der Waals surface area (Å²) in [5.74, 6) is 0.214. The standard InChI is InChI=1S/C12H15BrFNO/c1-16-11-8(4-5-9(14)10(11)13)12(15)6-2-3-7-12/h4-5H,2-3,6-7,15H2,1H3. The Bertz CT molecular complexity index is 402. The number of hydrogen-bond donors (Lipinski definition) is 1. The Hall–Kier alpha value is -0.610. The van der Waals surface area contributed by atoms with E-state index in [1.165, 1.54) is 6.07 Å². The maximum absolute atomic E-state index is 13.4. The van der Waals surface area contributed by atoms with E-state index in [4.69, 9.17) is 10.5 Å². The third-order valence-corrected chi connectivity index (χ3v) is 4.03. The Morgan fingerprint density at radius 3 is 2.56 bits per heavy atom. The quantitative estimate of drug-likeness (QED) is 0.906. The first-order chi connectivity index (χ1) is 7.58. The molecule has 0 amide bonds. The third kappa shape index (κ3) is 1.84. The summed E-state index contributed by atoms with van der Waals surface area (Å²) in [6.45, 7) is 0. The molecule has 1 aromatic carbocycles. The number of hydrogen-bond acceptors (Lipinski definition) is 2. The maximum atomic E-state index is 13.4. The fourth-order valence-corrected chi connectivity index (χ4v) is 2.91. The van der Waals surface area contributed by atoms with Gasteiger partial charge in [0, 0.05) is 11.1 Å². The molecule has 0 radical (unpaired) electrons. The first-order valence-corrected chi connectivity index (χ1v) is 6.19. The van der Waals surface area contributed by atoms with Crippen molar-refractivity contribution in [2.75, 3.05) is 7.11 Å². The molecular weight excluding hydrogens is 273 g/mol. The van der Waals surface area contributed by atoms with E-state index in [1.807, 2.05) is 0 Å². The van der Waals surface area contributed by atoms with Crippen molar-refractivity contribution in [1.82, 2.24) is 0 Å². The molecule has 2 nitrogen and oxygen atoms in total. The van der Waals surface area contributed by atoms with E-state index < -0.39 is 0 Å². The predicted molar refractivity (Wildman–Crippen MR) is 65.0 cm³/mol. The molecule has 88 valence electrons. The number of ether oxygens (including phenoxy) is 1. The van der Waals surface area contributed by atoms with Crippen LogP contribution in [0, 0.1) is 5.82 Å². The highest BCUT2D eigenvalue weighted by molar-refractivity contribution is 9.10. The van der Waals surface area contributed by atoms with Gasteiger partial charge in [-0.15, -0.1) is 0 Å². The van der Waals surface area contributed by atoms with Gasteiger partial charge in [-0.2, -0.15) is 0 Å². The zero-order chi connectivity index (χ0) is 11.8. The van der Waals surface area contributed by atoms with Gasteiger partial charge in [-0.1, -0.05) is 18.9 Å². The molecule has 2 N–H and O–H groups in total.